The van der Waals surface area contributed by atoms with Gasteiger partial charge in [0.15, 0.2) is 0 Å². The van der Waals surface area contributed by atoms with Crippen molar-refractivity contribution in [2.75, 3.05) is 11.9 Å². The molecule has 0 saturated heterocycles. The van der Waals surface area contributed by atoms with Gasteiger partial charge >= 0.3 is 0 Å². The zero-order valence-corrected chi connectivity index (χ0v) is 11.0. The summed E-state index contributed by atoms with van der Waals surface area (Å²) in [4.78, 5) is 23.1. The van der Waals surface area contributed by atoms with E-state index in [1.807, 2.05) is 0 Å². The molecular weight excluding hydrogens is 242 g/mol. The number of hydrogen-bond donors (Lipinski definition) is 3. The minimum atomic E-state index is -0.177. The molecular formula is C14H19N3O2. The van der Waals surface area contributed by atoms with E-state index >= 15 is 0 Å². The van der Waals surface area contributed by atoms with Crippen LogP contribution in [-0.2, 0) is 4.79 Å². The summed E-state index contributed by atoms with van der Waals surface area (Å²) in [5, 5.41) is 5.39. The topological polar surface area (TPSA) is 84.2 Å². The van der Waals surface area contributed by atoms with Gasteiger partial charge in [-0.3, -0.25) is 9.59 Å². The normalized spacial score (nSPS) is 11.5. The zero-order chi connectivity index (χ0) is 14.3. The highest BCUT2D eigenvalue weighted by Crippen LogP contribution is 2.10. The first-order valence-electron chi connectivity index (χ1n) is 6.07. The molecule has 1 rings (SSSR count). The van der Waals surface area contributed by atoms with Gasteiger partial charge in [0.25, 0.3) is 5.91 Å². The van der Waals surface area contributed by atoms with E-state index in [4.69, 9.17) is 5.73 Å². The summed E-state index contributed by atoms with van der Waals surface area (Å²) in [5.41, 5.74) is 6.71. The lowest BCUT2D eigenvalue weighted by atomic mass is 10.2. The maximum Gasteiger partial charge on any atom is 0.251 e. The molecule has 0 aliphatic heterocycles. The standard InChI is InChI=1S/C14H19N3O2/c1-3-8-16-14(19)11-4-6-12(7-5-11)17-13(18)9-10(2)15/h3-7,10H,1,8-9,15H2,2H3,(H,16,19)(H,17,18). The van der Waals surface area contributed by atoms with E-state index in [-0.39, 0.29) is 24.3 Å². The van der Waals surface area contributed by atoms with Crippen LogP contribution in [0.15, 0.2) is 36.9 Å². The summed E-state index contributed by atoms with van der Waals surface area (Å²) >= 11 is 0. The molecule has 0 radical (unpaired) electrons. The van der Waals surface area contributed by atoms with Crippen molar-refractivity contribution in [1.82, 2.24) is 5.32 Å². The van der Waals surface area contributed by atoms with Crippen molar-refractivity contribution in [1.29, 1.82) is 0 Å². The molecule has 1 unspecified atom stereocenters. The highest BCUT2D eigenvalue weighted by molar-refractivity contribution is 5.95. The van der Waals surface area contributed by atoms with Crippen LogP contribution in [0.5, 0.6) is 0 Å². The molecule has 0 aromatic heterocycles. The number of carbonyl (C=O) groups is 2. The second-order valence-corrected chi connectivity index (χ2v) is 4.31. The SMILES string of the molecule is C=CCNC(=O)c1ccc(NC(=O)CC(C)N)cc1. The number of anilines is 1. The van der Waals surface area contributed by atoms with Gasteiger partial charge in [-0.15, -0.1) is 6.58 Å². The molecule has 0 spiro atoms. The molecule has 1 aromatic carbocycles. The number of benzene rings is 1. The number of carbonyl (C=O) groups excluding carboxylic acids is 2. The third kappa shape index (κ3) is 5.35. The predicted octanol–water partition coefficient (Wildman–Crippen LogP) is 1.28. The van der Waals surface area contributed by atoms with Gasteiger partial charge in [0, 0.05) is 30.3 Å². The van der Waals surface area contributed by atoms with Crippen molar-refractivity contribution in [2.24, 2.45) is 5.73 Å². The van der Waals surface area contributed by atoms with Crippen molar-refractivity contribution in [3.8, 4) is 0 Å². The molecule has 4 N–H and O–H groups in total. The van der Waals surface area contributed by atoms with Gasteiger partial charge in [0.05, 0.1) is 0 Å². The van der Waals surface area contributed by atoms with Gasteiger partial charge < -0.3 is 16.4 Å². The monoisotopic (exact) mass is 261 g/mol. The van der Waals surface area contributed by atoms with Crippen molar-refractivity contribution >= 4 is 17.5 Å². The lowest BCUT2D eigenvalue weighted by Crippen LogP contribution is -2.24. The maximum atomic E-state index is 11.6. The Labute approximate surface area is 112 Å². The van der Waals surface area contributed by atoms with Crippen LogP contribution in [0.2, 0.25) is 0 Å². The first-order chi connectivity index (χ1) is 9.02. The van der Waals surface area contributed by atoms with Gasteiger partial charge in [-0.2, -0.15) is 0 Å². The van der Waals surface area contributed by atoms with E-state index in [0.717, 1.165) is 0 Å². The van der Waals surface area contributed by atoms with Gasteiger partial charge in [-0.25, -0.2) is 0 Å². The average molecular weight is 261 g/mol. The maximum absolute atomic E-state index is 11.6. The number of nitrogens with one attached hydrogen (secondary N) is 2. The fourth-order valence-corrected chi connectivity index (χ4v) is 1.48. The molecule has 0 bridgehead atoms. The van der Waals surface area contributed by atoms with Crippen LogP contribution in [0.3, 0.4) is 0 Å². The largest absolute Gasteiger partial charge is 0.349 e. The Balaban J connectivity index is 2.58. The van der Waals surface area contributed by atoms with Crippen LogP contribution < -0.4 is 16.4 Å². The van der Waals surface area contributed by atoms with Gasteiger partial charge in [0.2, 0.25) is 5.91 Å². The van der Waals surface area contributed by atoms with E-state index in [2.05, 4.69) is 17.2 Å². The summed E-state index contributed by atoms with van der Waals surface area (Å²) in [7, 11) is 0. The summed E-state index contributed by atoms with van der Waals surface area (Å²) in [6.07, 6.45) is 1.88. The predicted molar refractivity (Wildman–Crippen MR) is 75.9 cm³/mol. The molecule has 5 heteroatoms. The molecule has 19 heavy (non-hydrogen) atoms. The second kappa shape index (κ2) is 7.33. The van der Waals surface area contributed by atoms with Crippen molar-refractivity contribution < 1.29 is 9.59 Å². The van der Waals surface area contributed by atoms with Crippen molar-refractivity contribution in [3.05, 3.63) is 42.5 Å². The quantitative estimate of drug-likeness (QED) is 0.674. The van der Waals surface area contributed by atoms with E-state index in [1.54, 1.807) is 37.3 Å². The van der Waals surface area contributed by atoms with Crippen LogP contribution in [0.4, 0.5) is 5.69 Å². The molecule has 0 fully saturated rings. The van der Waals surface area contributed by atoms with Crippen LogP contribution in [0.25, 0.3) is 0 Å². The summed E-state index contributed by atoms with van der Waals surface area (Å²) in [5.74, 6) is -0.313. The first kappa shape index (κ1) is 14.9. The molecule has 102 valence electrons. The Morgan fingerprint density at radius 1 is 1.37 bits per heavy atom. The first-order valence-corrected chi connectivity index (χ1v) is 6.07. The Hall–Kier alpha value is -2.14. The third-order valence-corrected chi connectivity index (χ3v) is 2.35. The number of hydrogen-bond acceptors (Lipinski definition) is 3. The summed E-state index contributed by atoms with van der Waals surface area (Å²) in [6, 6.07) is 6.49. The molecule has 0 saturated carbocycles. The van der Waals surface area contributed by atoms with Crippen LogP contribution in [0, 0.1) is 0 Å². The molecule has 1 atom stereocenters. The summed E-state index contributed by atoms with van der Waals surface area (Å²) in [6.45, 7) is 5.72. The minimum Gasteiger partial charge on any atom is -0.349 e. The average Bonchev–Trinajstić information content (AvgIpc) is 2.35. The molecule has 1 aromatic rings. The fourth-order valence-electron chi connectivity index (χ4n) is 1.48. The van der Waals surface area contributed by atoms with Crippen LogP contribution in [0.1, 0.15) is 23.7 Å². The fraction of sp³-hybridized carbons (Fsp3) is 0.286. The van der Waals surface area contributed by atoms with E-state index in [1.165, 1.54) is 0 Å². The van der Waals surface area contributed by atoms with E-state index in [0.29, 0.717) is 17.8 Å². The van der Waals surface area contributed by atoms with Crippen LogP contribution >= 0.6 is 0 Å². The lowest BCUT2D eigenvalue weighted by molar-refractivity contribution is -0.116. The van der Waals surface area contributed by atoms with Crippen molar-refractivity contribution in [3.63, 3.8) is 0 Å². The van der Waals surface area contributed by atoms with Crippen molar-refractivity contribution in [2.45, 2.75) is 19.4 Å². The highest BCUT2D eigenvalue weighted by Gasteiger charge is 2.07. The number of amides is 2. The Kier molecular flexibility index (Phi) is 5.75. The van der Waals surface area contributed by atoms with Gasteiger partial charge in [-0.1, -0.05) is 6.08 Å². The summed E-state index contributed by atoms with van der Waals surface area (Å²) < 4.78 is 0. The third-order valence-electron chi connectivity index (χ3n) is 2.35. The molecule has 5 nitrogen and oxygen atoms in total. The van der Waals surface area contributed by atoms with E-state index in [9.17, 15) is 9.59 Å². The zero-order valence-electron chi connectivity index (χ0n) is 11.0. The Morgan fingerprint density at radius 3 is 2.53 bits per heavy atom. The number of rotatable bonds is 6. The number of nitrogens with two attached hydrogens (primary N) is 1. The molecule has 0 aliphatic rings. The molecule has 0 heterocycles. The Bertz CT molecular complexity index is 452. The van der Waals surface area contributed by atoms with Gasteiger partial charge in [-0.05, 0) is 31.2 Å². The smallest absolute Gasteiger partial charge is 0.251 e. The minimum absolute atomic E-state index is 0.140. The van der Waals surface area contributed by atoms with Crippen LogP contribution in [-0.4, -0.2) is 24.4 Å². The second-order valence-electron chi connectivity index (χ2n) is 4.31. The Morgan fingerprint density at radius 2 is 2.00 bits per heavy atom. The van der Waals surface area contributed by atoms with Gasteiger partial charge in [0.1, 0.15) is 0 Å². The molecule has 0 aliphatic carbocycles. The lowest BCUT2D eigenvalue weighted by Gasteiger charge is -2.08. The molecule has 2 amide bonds. The van der Waals surface area contributed by atoms with E-state index < -0.39 is 0 Å². The highest BCUT2D eigenvalue weighted by atomic mass is 16.2.